The minimum atomic E-state index is -1.90. The second-order valence-corrected chi connectivity index (χ2v) is 15.1. The Hall–Kier alpha value is -4.95. The molecule has 0 saturated carbocycles. The quantitative estimate of drug-likeness (QED) is 0.0600. The molecular weight excluding hydrogens is 718 g/mol. The van der Waals surface area contributed by atoms with Crippen LogP contribution in [0.4, 0.5) is 5.69 Å². The first-order valence-electron chi connectivity index (χ1n) is 18.1. The summed E-state index contributed by atoms with van der Waals surface area (Å²) in [6, 6.07) is 3.67. The normalized spacial score (nSPS) is 22.1. The van der Waals surface area contributed by atoms with Crippen LogP contribution in [0.2, 0.25) is 0 Å². The van der Waals surface area contributed by atoms with Crippen LogP contribution >= 0.6 is 0 Å². The summed E-state index contributed by atoms with van der Waals surface area (Å²) < 4.78 is 10.7. The third kappa shape index (κ3) is 12.5. The number of ether oxygens (including phenoxy) is 2. The van der Waals surface area contributed by atoms with Crippen LogP contribution in [-0.2, 0) is 49.6 Å². The summed E-state index contributed by atoms with van der Waals surface area (Å²) in [4.78, 5) is 87.8. The van der Waals surface area contributed by atoms with Crippen molar-refractivity contribution in [2.24, 2.45) is 17.3 Å². The summed E-state index contributed by atoms with van der Waals surface area (Å²) in [6.07, 6.45) is -4.93. The number of unbranched alkanes of at least 4 members (excludes halogenated alkanes) is 2. The minimum Gasteiger partial charge on any atom is -0.479 e. The second-order valence-electron chi connectivity index (χ2n) is 15.1. The lowest BCUT2D eigenvalue weighted by molar-refractivity contribution is -0.215. The fraction of sp³-hybridized carbons (Fsp3) is 0.564. The number of aliphatic hydroxyl groups is 3. The molecule has 1 fully saturated rings. The number of hydrogen-bond donors (Lipinski definition) is 6. The number of Topliss-reactive ketones (excluding diaryl/α,β-unsaturated/α-hetero) is 1. The maximum atomic E-state index is 13.3. The maximum absolute atomic E-state index is 13.3. The molecule has 1 aromatic carbocycles. The number of benzene rings is 1. The Morgan fingerprint density at radius 1 is 0.945 bits per heavy atom. The highest BCUT2D eigenvalue weighted by Crippen LogP contribution is 2.24. The van der Waals surface area contributed by atoms with Gasteiger partial charge in [0.1, 0.15) is 31.0 Å². The molecule has 300 valence electrons. The van der Waals surface area contributed by atoms with Gasteiger partial charge in [-0.3, -0.25) is 33.7 Å². The third-order valence-electron chi connectivity index (χ3n) is 9.03. The summed E-state index contributed by atoms with van der Waals surface area (Å²) in [5.41, 5.74) is 0.0129. The number of anilines is 1. The van der Waals surface area contributed by atoms with Gasteiger partial charge in [0.2, 0.25) is 11.8 Å². The van der Waals surface area contributed by atoms with Gasteiger partial charge in [0.25, 0.3) is 11.8 Å². The van der Waals surface area contributed by atoms with Crippen LogP contribution in [0, 0.1) is 29.1 Å². The second kappa shape index (κ2) is 19.6. The molecule has 2 heterocycles. The zero-order chi connectivity index (χ0) is 41.2. The first-order valence-corrected chi connectivity index (χ1v) is 18.1. The lowest BCUT2D eigenvalue weighted by Crippen LogP contribution is -2.59. The van der Waals surface area contributed by atoms with Crippen molar-refractivity contribution in [3.63, 3.8) is 0 Å². The monoisotopic (exact) mass is 769 g/mol. The molecule has 16 heteroatoms. The number of rotatable bonds is 16. The molecule has 0 aliphatic carbocycles. The van der Waals surface area contributed by atoms with Crippen LogP contribution in [0.1, 0.15) is 84.8 Å². The van der Waals surface area contributed by atoms with E-state index in [9.17, 15) is 54.0 Å². The van der Waals surface area contributed by atoms with Crippen LogP contribution < -0.4 is 10.6 Å². The molecule has 0 bridgehead atoms. The topological polar surface area (TPSA) is 246 Å². The molecule has 1 unspecified atom stereocenters. The molecule has 7 atom stereocenters. The molecule has 55 heavy (non-hydrogen) atoms. The van der Waals surface area contributed by atoms with Crippen molar-refractivity contribution in [1.82, 2.24) is 10.2 Å². The molecule has 3 rings (SSSR count). The van der Waals surface area contributed by atoms with Gasteiger partial charge in [-0.15, -0.1) is 0 Å². The van der Waals surface area contributed by atoms with E-state index in [1.165, 1.54) is 30.4 Å². The van der Waals surface area contributed by atoms with Crippen molar-refractivity contribution in [3.05, 3.63) is 41.5 Å². The fourth-order valence-electron chi connectivity index (χ4n) is 5.64. The number of imide groups is 1. The average Bonchev–Trinajstić information content (AvgIpc) is 3.43. The van der Waals surface area contributed by atoms with E-state index >= 15 is 0 Å². The molecule has 2 aliphatic rings. The Bertz CT molecular complexity index is 1700. The summed E-state index contributed by atoms with van der Waals surface area (Å²) in [5.74, 6) is 0.210. The van der Waals surface area contributed by atoms with E-state index in [4.69, 9.17) is 9.47 Å². The summed E-state index contributed by atoms with van der Waals surface area (Å²) in [7, 11) is 0. The minimum absolute atomic E-state index is 0.137. The zero-order valence-corrected chi connectivity index (χ0v) is 31.9. The van der Waals surface area contributed by atoms with Crippen LogP contribution in [0.25, 0.3) is 0 Å². The highest BCUT2D eigenvalue weighted by Gasteiger charge is 2.46. The number of carbonyl (C=O) groups excluding carboxylic acids is 6. The number of carboxylic acids is 1. The van der Waals surface area contributed by atoms with Crippen molar-refractivity contribution in [3.8, 4) is 11.8 Å². The Morgan fingerprint density at radius 2 is 1.60 bits per heavy atom. The van der Waals surface area contributed by atoms with Gasteiger partial charge in [0.15, 0.2) is 11.9 Å². The highest BCUT2D eigenvalue weighted by molar-refractivity contribution is 6.12. The van der Waals surface area contributed by atoms with Crippen LogP contribution in [0.15, 0.2) is 30.4 Å². The smallest absolute Gasteiger partial charge is 0.335 e. The van der Waals surface area contributed by atoms with Crippen LogP contribution in [0.5, 0.6) is 0 Å². The van der Waals surface area contributed by atoms with E-state index in [-0.39, 0.29) is 66.7 Å². The maximum Gasteiger partial charge on any atom is 0.335 e. The number of carboxylic acid groups (broad SMARTS) is 1. The van der Waals surface area contributed by atoms with Crippen LogP contribution in [0.3, 0.4) is 0 Å². The molecule has 1 saturated heterocycles. The van der Waals surface area contributed by atoms with E-state index in [1.54, 1.807) is 41.5 Å². The number of hydrogen-bond acceptors (Lipinski definition) is 12. The largest absolute Gasteiger partial charge is 0.479 e. The van der Waals surface area contributed by atoms with E-state index in [0.717, 1.165) is 4.90 Å². The molecule has 0 radical (unpaired) electrons. The van der Waals surface area contributed by atoms with Gasteiger partial charge in [0, 0.05) is 54.3 Å². The van der Waals surface area contributed by atoms with Gasteiger partial charge in [-0.1, -0.05) is 45.1 Å². The molecule has 0 aromatic heterocycles. The Morgan fingerprint density at radius 3 is 2.20 bits per heavy atom. The first-order chi connectivity index (χ1) is 25.7. The Kier molecular flexibility index (Phi) is 15.8. The van der Waals surface area contributed by atoms with E-state index < -0.39 is 65.7 Å². The molecule has 0 spiro atoms. The van der Waals surface area contributed by atoms with Gasteiger partial charge in [-0.2, -0.15) is 0 Å². The van der Waals surface area contributed by atoms with Crippen molar-refractivity contribution in [1.29, 1.82) is 0 Å². The number of amides is 4. The van der Waals surface area contributed by atoms with E-state index in [2.05, 4.69) is 22.5 Å². The van der Waals surface area contributed by atoms with Gasteiger partial charge in [-0.25, -0.2) is 4.79 Å². The summed E-state index contributed by atoms with van der Waals surface area (Å²) >= 11 is 0. The van der Waals surface area contributed by atoms with Crippen molar-refractivity contribution in [2.75, 3.05) is 11.9 Å². The predicted octanol–water partition coefficient (Wildman–Crippen LogP) is 1.22. The number of esters is 1. The Balaban J connectivity index is 1.66. The number of aliphatic carboxylic acids is 1. The standard InChI is InChI=1S/C39H51N3O13/c1-21(2)31(41-28(44)10-8-7-9-17-42-29(45)15-16-30(42)46)26(43)18-22(3)36(50)40-25-13-11-24(20-54-38(53)39(4,5)6)23(19-25)12-14-27-32(47)33(48)34(49)35(55-27)37(51)52/h11,13,15-16,19,21-22,27,31-35,47-49H,7-10,17-18,20H2,1-6H3,(H,40,50)(H,41,44)(H,51,52)/t22-,27?,31+,32+,33-,34+,35+/m1/s1. The third-order valence-corrected chi connectivity index (χ3v) is 9.03. The number of ketones is 1. The number of nitrogens with zero attached hydrogens (tertiary/aromatic N) is 1. The lowest BCUT2D eigenvalue weighted by Gasteiger charge is -2.36. The molecular formula is C39H51N3O13. The summed E-state index contributed by atoms with van der Waals surface area (Å²) in [5, 5.41) is 45.5. The molecule has 4 amide bonds. The van der Waals surface area contributed by atoms with Gasteiger partial charge in [0.05, 0.1) is 11.5 Å². The summed E-state index contributed by atoms with van der Waals surface area (Å²) in [6.45, 7) is 10.2. The van der Waals surface area contributed by atoms with Crippen molar-refractivity contribution < 1.29 is 63.5 Å². The van der Waals surface area contributed by atoms with E-state index in [0.29, 0.717) is 24.8 Å². The molecule has 1 aromatic rings. The van der Waals surface area contributed by atoms with Crippen LogP contribution in [-0.4, -0.2) is 110 Å². The molecule has 16 nitrogen and oxygen atoms in total. The average molecular weight is 770 g/mol. The first kappa shape index (κ1) is 44.4. The van der Waals surface area contributed by atoms with E-state index in [1.807, 2.05) is 0 Å². The molecule has 6 N–H and O–H groups in total. The van der Waals surface area contributed by atoms with Gasteiger partial charge < -0.3 is 40.5 Å². The highest BCUT2D eigenvalue weighted by atomic mass is 16.6. The van der Waals surface area contributed by atoms with Crippen molar-refractivity contribution in [2.45, 2.75) is 117 Å². The zero-order valence-electron chi connectivity index (χ0n) is 31.9. The SMILES string of the molecule is CC(C)[C@H](NC(=O)CCCCCN1C(=O)C=CC1=O)C(=O)C[C@@H](C)C(=O)Nc1ccc(COC(=O)C(C)(C)C)c(C#CC2O[C@H](C(=O)O)[C@@H](O)[C@H](O)[C@H]2O)c1. The number of aliphatic hydroxyl groups excluding tert-OH is 3. The number of carbonyl (C=O) groups is 7. The predicted molar refractivity (Wildman–Crippen MR) is 195 cm³/mol. The number of nitrogens with one attached hydrogen (secondary N) is 2. The van der Waals surface area contributed by atoms with Gasteiger partial charge in [-0.05, 0) is 51.7 Å². The van der Waals surface area contributed by atoms with Crippen molar-refractivity contribution >= 4 is 47.0 Å². The molecule has 2 aliphatic heterocycles. The fourth-order valence-corrected chi connectivity index (χ4v) is 5.64. The lowest BCUT2D eigenvalue weighted by atomic mass is 9.92. The van der Waals surface area contributed by atoms with Gasteiger partial charge >= 0.3 is 11.9 Å². The Labute approximate surface area is 319 Å².